The second kappa shape index (κ2) is 6.53. The molecular weight excluding hydrogens is 326 g/mol. The van der Waals surface area contributed by atoms with Gasteiger partial charge in [0.25, 0.3) is 0 Å². The van der Waals surface area contributed by atoms with Gasteiger partial charge in [-0.1, -0.05) is 36.4 Å². The normalized spacial score (nSPS) is 11.8. The van der Waals surface area contributed by atoms with Crippen molar-refractivity contribution in [1.82, 2.24) is 14.8 Å². The molecule has 1 N–H and O–H groups in total. The number of nitriles is 1. The maximum Gasteiger partial charge on any atom is 0.181 e. The molecule has 0 radical (unpaired) electrons. The van der Waals surface area contributed by atoms with Crippen LogP contribution in [0.4, 0.5) is 8.78 Å². The fourth-order valence-corrected chi connectivity index (χ4v) is 2.37. The summed E-state index contributed by atoms with van der Waals surface area (Å²) < 4.78 is 29.1. The Balaban J connectivity index is 2.17. The summed E-state index contributed by atoms with van der Waals surface area (Å²) in [6.07, 6.45) is 0. The Bertz CT molecular complexity index is 983. The highest BCUT2D eigenvalue weighted by Gasteiger charge is 2.22. The van der Waals surface area contributed by atoms with E-state index in [4.69, 9.17) is 0 Å². The lowest BCUT2D eigenvalue weighted by atomic mass is 10.1. The third-order valence-electron chi connectivity index (χ3n) is 3.57. The molecule has 5 nitrogen and oxygen atoms in total. The van der Waals surface area contributed by atoms with Crippen LogP contribution in [0.25, 0.3) is 22.7 Å². The molecule has 0 amide bonds. The molecule has 0 bridgehead atoms. The van der Waals surface area contributed by atoms with Gasteiger partial charge in [0.05, 0.1) is 5.56 Å². The van der Waals surface area contributed by atoms with Crippen LogP contribution in [0.1, 0.15) is 11.4 Å². The minimum absolute atomic E-state index is 0.00139. The molecule has 0 fully saturated rings. The van der Waals surface area contributed by atoms with Gasteiger partial charge < -0.3 is 5.11 Å². The van der Waals surface area contributed by atoms with E-state index in [2.05, 4.69) is 10.1 Å². The van der Waals surface area contributed by atoms with Crippen LogP contribution >= 0.6 is 0 Å². The number of hydrogen-bond donors (Lipinski definition) is 1. The number of nitrogens with zero attached hydrogens (tertiary/aromatic N) is 4. The first-order valence-electron chi connectivity index (χ1n) is 7.27. The van der Waals surface area contributed by atoms with E-state index in [9.17, 15) is 19.1 Å². The van der Waals surface area contributed by atoms with Crippen molar-refractivity contribution in [1.29, 1.82) is 5.26 Å². The van der Waals surface area contributed by atoms with Crippen LogP contribution in [0.15, 0.2) is 48.5 Å². The van der Waals surface area contributed by atoms with Gasteiger partial charge in [0, 0.05) is 12.6 Å². The minimum Gasteiger partial charge on any atom is -0.506 e. The molecule has 0 unspecified atom stereocenters. The molecule has 0 atom stereocenters. The number of benzene rings is 2. The molecule has 7 heteroatoms. The lowest BCUT2D eigenvalue weighted by molar-refractivity contribution is 0.489. The van der Waals surface area contributed by atoms with E-state index in [1.165, 1.54) is 17.8 Å². The first-order chi connectivity index (χ1) is 12.0. The van der Waals surface area contributed by atoms with E-state index in [0.717, 1.165) is 12.1 Å². The fourth-order valence-electron chi connectivity index (χ4n) is 2.37. The highest BCUT2D eigenvalue weighted by atomic mass is 19.1. The summed E-state index contributed by atoms with van der Waals surface area (Å²) in [5, 5.41) is 23.9. The lowest BCUT2D eigenvalue weighted by Crippen LogP contribution is -2.02. The van der Waals surface area contributed by atoms with Gasteiger partial charge in [-0.3, -0.25) is 0 Å². The predicted molar refractivity (Wildman–Crippen MR) is 87.9 cm³/mol. The molecular formula is C18H12F2N4O. The summed E-state index contributed by atoms with van der Waals surface area (Å²) in [7, 11) is 1.52. The van der Waals surface area contributed by atoms with Crippen molar-refractivity contribution < 1.29 is 13.9 Å². The van der Waals surface area contributed by atoms with Crippen molar-refractivity contribution in [2.45, 2.75) is 0 Å². The molecule has 3 rings (SSSR count). The molecule has 0 aliphatic heterocycles. The van der Waals surface area contributed by atoms with E-state index in [-0.39, 0.29) is 11.4 Å². The van der Waals surface area contributed by atoms with Crippen molar-refractivity contribution >= 4 is 11.3 Å². The highest BCUT2D eigenvalue weighted by molar-refractivity contribution is 5.92. The van der Waals surface area contributed by atoms with Crippen molar-refractivity contribution in [2.24, 2.45) is 7.05 Å². The Hall–Kier alpha value is -3.53. The van der Waals surface area contributed by atoms with Crippen LogP contribution in [0.2, 0.25) is 0 Å². The van der Waals surface area contributed by atoms with Crippen LogP contribution in [0.5, 0.6) is 0 Å². The molecule has 2 aromatic carbocycles. The Morgan fingerprint density at radius 1 is 1.08 bits per heavy atom. The summed E-state index contributed by atoms with van der Waals surface area (Å²) in [5.41, 5.74) is -0.345. The van der Waals surface area contributed by atoms with Gasteiger partial charge in [0.2, 0.25) is 0 Å². The maximum atomic E-state index is 13.9. The Morgan fingerprint density at radius 2 is 1.72 bits per heavy atom. The zero-order chi connectivity index (χ0) is 18.0. The topological polar surface area (TPSA) is 74.7 Å². The zero-order valence-corrected chi connectivity index (χ0v) is 13.1. The molecule has 1 heterocycles. The minimum atomic E-state index is -0.976. The summed E-state index contributed by atoms with van der Waals surface area (Å²) in [5.74, 6) is -2.45. The average Bonchev–Trinajstić information content (AvgIpc) is 2.98. The summed E-state index contributed by atoms with van der Waals surface area (Å²) >= 11 is 0. The number of aliphatic hydroxyl groups is 1. The Kier molecular flexibility index (Phi) is 4.27. The average molecular weight is 338 g/mol. The van der Waals surface area contributed by atoms with Gasteiger partial charge >= 0.3 is 0 Å². The maximum absolute atomic E-state index is 13.9. The lowest BCUT2D eigenvalue weighted by Gasteiger charge is -2.06. The number of halogens is 2. The van der Waals surface area contributed by atoms with Gasteiger partial charge in [-0.25, -0.2) is 18.4 Å². The zero-order valence-electron chi connectivity index (χ0n) is 13.1. The number of rotatable bonds is 3. The quantitative estimate of drug-likeness (QED) is 0.583. The van der Waals surface area contributed by atoms with Crippen molar-refractivity contribution in [3.8, 4) is 17.5 Å². The Morgan fingerprint density at radius 3 is 2.32 bits per heavy atom. The van der Waals surface area contributed by atoms with Crippen LogP contribution in [-0.2, 0) is 7.05 Å². The number of aryl methyl sites for hydroxylation is 1. The molecule has 1 aromatic heterocycles. The van der Waals surface area contributed by atoms with Gasteiger partial charge in [-0.2, -0.15) is 10.4 Å². The second-order valence-electron chi connectivity index (χ2n) is 5.18. The van der Waals surface area contributed by atoms with Crippen molar-refractivity contribution in [3.05, 3.63) is 71.6 Å². The molecule has 0 aliphatic carbocycles. The molecule has 0 saturated heterocycles. The van der Waals surface area contributed by atoms with Gasteiger partial charge in [0.1, 0.15) is 29.0 Å². The van der Waals surface area contributed by atoms with E-state index < -0.39 is 23.0 Å². The van der Waals surface area contributed by atoms with E-state index in [1.807, 2.05) is 6.07 Å². The van der Waals surface area contributed by atoms with Crippen LogP contribution < -0.4 is 0 Å². The standard InChI is InChI=1S/C18H12F2N4O/c1-24-18(22-17(23-24)11-6-3-2-4-7-11)12(10-21)16(25)15-13(19)8-5-9-14(15)20/h2-9,25H,1H3. The SMILES string of the molecule is Cn1nc(-c2ccccc2)nc1C(C#N)=C(O)c1c(F)cccc1F. The first kappa shape index (κ1) is 16.3. The smallest absolute Gasteiger partial charge is 0.181 e. The summed E-state index contributed by atoms with van der Waals surface area (Å²) in [4.78, 5) is 4.22. The largest absolute Gasteiger partial charge is 0.506 e. The molecule has 25 heavy (non-hydrogen) atoms. The van der Waals surface area contributed by atoms with Crippen LogP contribution in [-0.4, -0.2) is 19.9 Å². The second-order valence-corrected chi connectivity index (χ2v) is 5.18. The number of aliphatic hydroxyl groups excluding tert-OH is 1. The van der Waals surface area contributed by atoms with Gasteiger partial charge in [0.15, 0.2) is 11.6 Å². The fraction of sp³-hybridized carbons (Fsp3) is 0.0556. The van der Waals surface area contributed by atoms with E-state index in [1.54, 1.807) is 30.3 Å². The third-order valence-corrected chi connectivity index (χ3v) is 3.57. The van der Waals surface area contributed by atoms with Crippen LogP contribution in [0.3, 0.4) is 0 Å². The number of allylic oxidation sites excluding steroid dienone is 1. The monoisotopic (exact) mass is 338 g/mol. The first-order valence-corrected chi connectivity index (χ1v) is 7.27. The molecule has 0 aliphatic rings. The van der Waals surface area contributed by atoms with Crippen molar-refractivity contribution in [3.63, 3.8) is 0 Å². The third kappa shape index (κ3) is 2.97. The molecule has 0 saturated carbocycles. The van der Waals surface area contributed by atoms with Crippen molar-refractivity contribution in [2.75, 3.05) is 0 Å². The number of hydrogen-bond acceptors (Lipinski definition) is 4. The van der Waals surface area contributed by atoms with Gasteiger partial charge in [-0.15, -0.1) is 0 Å². The predicted octanol–water partition coefficient (Wildman–Crippen LogP) is 3.71. The van der Waals surface area contributed by atoms with E-state index >= 15 is 0 Å². The number of aromatic nitrogens is 3. The molecule has 124 valence electrons. The highest BCUT2D eigenvalue weighted by Crippen LogP contribution is 2.28. The molecule has 3 aromatic rings. The van der Waals surface area contributed by atoms with Crippen LogP contribution in [0, 0.1) is 23.0 Å². The Labute approximate surface area is 142 Å². The van der Waals surface area contributed by atoms with Gasteiger partial charge in [-0.05, 0) is 12.1 Å². The summed E-state index contributed by atoms with van der Waals surface area (Å²) in [6.45, 7) is 0. The molecule has 0 spiro atoms. The summed E-state index contributed by atoms with van der Waals surface area (Å²) in [6, 6.07) is 13.9. The van der Waals surface area contributed by atoms with E-state index in [0.29, 0.717) is 11.4 Å².